The first-order chi connectivity index (χ1) is 9.13. The summed E-state index contributed by atoms with van der Waals surface area (Å²) in [5.74, 6) is 2.50. The van der Waals surface area contributed by atoms with Gasteiger partial charge < -0.3 is 5.32 Å². The number of carbonyl (C=O) groups excluding carboxylic acids is 1. The Labute approximate surface area is 114 Å². The third-order valence-corrected chi connectivity index (χ3v) is 4.95. The van der Waals surface area contributed by atoms with E-state index in [1.165, 1.54) is 25.7 Å². The zero-order valence-electron chi connectivity index (χ0n) is 11.7. The highest BCUT2D eigenvalue weighted by molar-refractivity contribution is 5.94. The Morgan fingerprint density at radius 3 is 2.89 bits per heavy atom. The number of hydrogen-bond donors (Lipinski definition) is 1. The quantitative estimate of drug-likeness (QED) is 0.905. The van der Waals surface area contributed by atoms with Gasteiger partial charge in [-0.1, -0.05) is 6.42 Å². The molecule has 3 rings (SSSR count). The molecule has 1 amide bonds. The number of pyridine rings is 1. The molecule has 2 saturated carbocycles. The van der Waals surface area contributed by atoms with Crippen molar-refractivity contribution >= 4 is 5.91 Å². The topological polar surface area (TPSA) is 42.0 Å². The van der Waals surface area contributed by atoms with Crippen molar-refractivity contribution in [1.82, 2.24) is 10.3 Å². The smallest absolute Gasteiger partial charge is 0.251 e. The lowest BCUT2D eigenvalue weighted by Gasteiger charge is -2.28. The predicted octanol–water partition coefficient (Wildman–Crippen LogP) is 2.94. The lowest BCUT2D eigenvalue weighted by atomic mass is 9.84. The molecule has 3 heteroatoms. The number of nitrogens with zero attached hydrogens (tertiary/aromatic N) is 1. The Morgan fingerprint density at radius 2 is 2.26 bits per heavy atom. The molecule has 1 aromatic rings. The van der Waals surface area contributed by atoms with Crippen LogP contribution in [0.4, 0.5) is 0 Å². The minimum Gasteiger partial charge on any atom is -0.349 e. The Bertz CT molecular complexity index is 485. The maximum atomic E-state index is 12.2. The summed E-state index contributed by atoms with van der Waals surface area (Å²) in [5, 5.41) is 3.18. The zero-order chi connectivity index (χ0) is 13.4. The minimum absolute atomic E-state index is 0.0424. The highest BCUT2D eigenvalue weighted by Crippen LogP contribution is 2.49. The highest BCUT2D eigenvalue weighted by atomic mass is 16.1. The van der Waals surface area contributed by atoms with E-state index in [-0.39, 0.29) is 11.9 Å². The molecule has 4 atom stereocenters. The molecule has 2 fully saturated rings. The SMILES string of the molecule is Cc1cc(C(=O)NC(C)C2CC3CCC2C3)ccn1. The van der Waals surface area contributed by atoms with Crippen LogP contribution in [0.3, 0.4) is 0 Å². The molecule has 2 aliphatic rings. The molecule has 2 aliphatic carbocycles. The molecule has 1 aromatic heterocycles. The van der Waals surface area contributed by atoms with Crippen LogP contribution in [0.1, 0.15) is 48.7 Å². The summed E-state index contributed by atoms with van der Waals surface area (Å²) in [5.41, 5.74) is 1.61. The summed E-state index contributed by atoms with van der Waals surface area (Å²) in [6.07, 6.45) is 7.17. The molecule has 4 unspecified atom stereocenters. The Morgan fingerprint density at radius 1 is 1.42 bits per heavy atom. The number of aryl methyl sites for hydroxylation is 1. The molecular weight excluding hydrogens is 236 g/mol. The molecule has 0 radical (unpaired) electrons. The van der Waals surface area contributed by atoms with E-state index in [1.54, 1.807) is 12.3 Å². The Balaban J connectivity index is 1.63. The van der Waals surface area contributed by atoms with E-state index in [4.69, 9.17) is 0 Å². The third kappa shape index (κ3) is 2.51. The standard InChI is InChI=1S/C16H22N2O/c1-10-7-14(5-6-17-10)16(19)18-11(2)15-9-12-3-4-13(15)8-12/h5-7,11-13,15H,3-4,8-9H2,1-2H3,(H,18,19). The molecular formula is C16H22N2O. The first-order valence-corrected chi connectivity index (χ1v) is 7.37. The van der Waals surface area contributed by atoms with E-state index in [9.17, 15) is 4.79 Å². The van der Waals surface area contributed by atoms with E-state index in [1.807, 2.05) is 13.0 Å². The second kappa shape index (κ2) is 4.95. The van der Waals surface area contributed by atoms with Crippen molar-refractivity contribution in [3.63, 3.8) is 0 Å². The second-order valence-electron chi connectivity index (χ2n) is 6.29. The minimum atomic E-state index is 0.0424. The summed E-state index contributed by atoms with van der Waals surface area (Å²) in [4.78, 5) is 16.4. The molecule has 3 nitrogen and oxygen atoms in total. The van der Waals surface area contributed by atoms with Crippen LogP contribution in [-0.4, -0.2) is 16.9 Å². The normalized spacial score (nSPS) is 30.3. The molecule has 0 spiro atoms. The summed E-state index contributed by atoms with van der Waals surface area (Å²) >= 11 is 0. The molecule has 0 aromatic carbocycles. The van der Waals surface area contributed by atoms with Crippen LogP contribution in [-0.2, 0) is 0 Å². The number of fused-ring (bicyclic) bond motifs is 2. The molecule has 102 valence electrons. The van der Waals surface area contributed by atoms with Crippen molar-refractivity contribution in [2.24, 2.45) is 17.8 Å². The van der Waals surface area contributed by atoms with E-state index in [2.05, 4.69) is 17.2 Å². The van der Waals surface area contributed by atoms with Gasteiger partial charge in [-0.05, 0) is 63.0 Å². The Hall–Kier alpha value is -1.38. The van der Waals surface area contributed by atoms with Gasteiger partial charge in [-0.15, -0.1) is 0 Å². The molecule has 19 heavy (non-hydrogen) atoms. The van der Waals surface area contributed by atoms with Crippen LogP contribution >= 0.6 is 0 Å². The van der Waals surface area contributed by atoms with Gasteiger partial charge in [0.05, 0.1) is 0 Å². The first kappa shape index (κ1) is 12.6. The zero-order valence-corrected chi connectivity index (χ0v) is 11.7. The van der Waals surface area contributed by atoms with E-state index in [0.29, 0.717) is 5.92 Å². The van der Waals surface area contributed by atoms with Crippen LogP contribution in [0.2, 0.25) is 0 Å². The van der Waals surface area contributed by atoms with Crippen LogP contribution in [0, 0.1) is 24.7 Å². The van der Waals surface area contributed by atoms with Gasteiger partial charge in [0, 0.05) is 23.5 Å². The number of nitrogens with one attached hydrogen (secondary N) is 1. The largest absolute Gasteiger partial charge is 0.349 e. The van der Waals surface area contributed by atoms with Gasteiger partial charge in [0.15, 0.2) is 0 Å². The van der Waals surface area contributed by atoms with E-state index < -0.39 is 0 Å². The fourth-order valence-corrected chi connectivity index (χ4v) is 3.99. The lowest BCUT2D eigenvalue weighted by molar-refractivity contribution is 0.0915. The van der Waals surface area contributed by atoms with Crippen molar-refractivity contribution in [1.29, 1.82) is 0 Å². The summed E-state index contributed by atoms with van der Waals surface area (Å²) < 4.78 is 0. The maximum absolute atomic E-state index is 12.2. The monoisotopic (exact) mass is 258 g/mol. The lowest BCUT2D eigenvalue weighted by Crippen LogP contribution is -2.40. The molecule has 2 bridgehead atoms. The Kier molecular flexibility index (Phi) is 3.29. The molecule has 0 saturated heterocycles. The van der Waals surface area contributed by atoms with Crippen molar-refractivity contribution in [3.8, 4) is 0 Å². The molecule has 1 heterocycles. The highest BCUT2D eigenvalue weighted by Gasteiger charge is 2.42. The van der Waals surface area contributed by atoms with Crippen molar-refractivity contribution < 1.29 is 4.79 Å². The van der Waals surface area contributed by atoms with Crippen LogP contribution in [0.15, 0.2) is 18.3 Å². The van der Waals surface area contributed by atoms with E-state index in [0.717, 1.165) is 23.1 Å². The van der Waals surface area contributed by atoms with Gasteiger partial charge in [0.2, 0.25) is 0 Å². The van der Waals surface area contributed by atoms with Crippen LogP contribution < -0.4 is 5.32 Å². The van der Waals surface area contributed by atoms with Crippen molar-refractivity contribution in [3.05, 3.63) is 29.6 Å². The predicted molar refractivity (Wildman–Crippen MR) is 74.8 cm³/mol. The molecule has 1 N–H and O–H groups in total. The fourth-order valence-electron chi connectivity index (χ4n) is 3.99. The van der Waals surface area contributed by atoms with Crippen LogP contribution in [0.25, 0.3) is 0 Å². The van der Waals surface area contributed by atoms with Crippen molar-refractivity contribution in [2.45, 2.75) is 45.6 Å². The first-order valence-electron chi connectivity index (χ1n) is 7.37. The number of rotatable bonds is 3. The van der Waals surface area contributed by atoms with Gasteiger partial charge >= 0.3 is 0 Å². The number of amides is 1. The number of hydrogen-bond acceptors (Lipinski definition) is 2. The van der Waals surface area contributed by atoms with Gasteiger partial charge in [-0.25, -0.2) is 0 Å². The van der Waals surface area contributed by atoms with Gasteiger partial charge in [0.1, 0.15) is 0 Å². The molecule has 0 aliphatic heterocycles. The van der Waals surface area contributed by atoms with Crippen molar-refractivity contribution in [2.75, 3.05) is 0 Å². The average Bonchev–Trinajstić information content (AvgIpc) is 3.00. The van der Waals surface area contributed by atoms with E-state index >= 15 is 0 Å². The third-order valence-electron chi connectivity index (χ3n) is 4.95. The van der Waals surface area contributed by atoms with Gasteiger partial charge in [-0.2, -0.15) is 0 Å². The maximum Gasteiger partial charge on any atom is 0.251 e. The number of aromatic nitrogens is 1. The average molecular weight is 258 g/mol. The summed E-state index contributed by atoms with van der Waals surface area (Å²) in [7, 11) is 0. The fraction of sp³-hybridized carbons (Fsp3) is 0.625. The second-order valence-corrected chi connectivity index (χ2v) is 6.29. The van der Waals surface area contributed by atoms with Gasteiger partial charge in [0.25, 0.3) is 5.91 Å². The van der Waals surface area contributed by atoms with Gasteiger partial charge in [-0.3, -0.25) is 9.78 Å². The number of carbonyl (C=O) groups is 1. The summed E-state index contributed by atoms with van der Waals surface area (Å²) in [6, 6.07) is 3.93. The summed E-state index contributed by atoms with van der Waals surface area (Å²) in [6.45, 7) is 4.08. The van der Waals surface area contributed by atoms with Crippen LogP contribution in [0.5, 0.6) is 0 Å².